The molecule has 0 saturated heterocycles. The molecule has 0 atom stereocenters. The van der Waals surface area contributed by atoms with Crippen molar-refractivity contribution in [3.63, 3.8) is 0 Å². The monoisotopic (exact) mass is 482 g/mol. The van der Waals surface area contributed by atoms with Gasteiger partial charge in [-0.05, 0) is 74.5 Å². The van der Waals surface area contributed by atoms with E-state index in [9.17, 15) is 8.42 Å². The van der Waals surface area contributed by atoms with Gasteiger partial charge in [0.1, 0.15) is 23.0 Å². The average molecular weight is 483 g/mol. The summed E-state index contributed by atoms with van der Waals surface area (Å²) in [6.45, 7) is 3.88. The second kappa shape index (κ2) is 10.9. The lowest BCUT2D eigenvalue weighted by atomic mass is 10.2. The molecule has 4 aromatic carbocycles. The predicted octanol–water partition coefficient (Wildman–Crippen LogP) is 8.17. The van der Waals surface area contributed by atoms with Crippen molar-refractivity contribution < 1.29 is 17.9 Å². The Labute approximate surface area is 206 Å². The summed E-state index contributed by atoms with van der Waals surface area (Å²) >= 11 is 0. The summed E-state index contributed by atoms with van der Waals surface area (Å²) in [5.74, 6) is 2.52. The molecule has 0 saturated carbocycles. The van der Waals surface area contributed by atoms with Crippen LogP contribution in [-0.2, 0) is 9.84 Å². The number of rotatable bonds is 8. The largest absolute Gasteiger partial charge is 0.457 e. The van der Waals surface area contributed by atoms with Gasteiger partial charge in [0.25, 0.3) is 0 Å². The zero-order valence-electron chi connectivity index (χ0n) is 19.6. The molecule has 5 heteroatoms. The minimum Gasteiger partial charge on any atom is -0.457 e. The average Bonchev–Trinajstić information content (AvgIpc) is 2.87. The van der Waals surface area contributed by atoms with Gasteiger partial charge in [-0.3, -0.25) is 0 Å². The first kappa shape index (κ1) is 24.0. The maximum absolute atomic E-state index is 13.2. The third-order valence-electron chi connectivity index (χ3n) is 5.25. The highest BCUT2D eigenvalue weighted by molar-refractivity contribution is 7.91. The fourth-order valence-corrected chi connectivity index (χ4v) is 4.81. The summed E-state index contributed by atoms with van der Waals surface area (Å²) in [6, 6.07) is 28.2. The van der Waals surface area contributed by atoms with Crippen molar-refractivity contribution in [2.75, 3.05) is 0 Å². The third kappa shape index (κ3) is 5.70. The van der Waals surface area contributed by atoms with Crippen molar-refractivity contribution in [2.24, 2.45) is 0 Å². The van der Waals surface area contributed by atoms with Gasteiger partial charge in [-0.25, -0.2) is 8.42 Å². The molecule has 0 heterocycles. The van der Waals surface area contributed by atoms with E-state index in [1.807, 2.05) is 86.7 Å². The van der Waals surface area contributed by atoms with Crippen molar-refractivity contribution in [2.45, 2.75) is 23.6 Å². The summed E-state index contributed by atoms with van der Waals surface area (Å²) in [5.41, 5.74) is 1.89. The molecule has 0 N–H and O–H groups in total. The fourth-order valence-electron chi connectivity index (χ4n) is 3.55. The van der Waals surface area contributed by atoms with Crippen molar-refractivity contribution in [3.05, 3.63) is 120 Å². The Kier molecular flexibility index (Phi) is 7.48. The molecule has 4 nitrogen and oxygen atoms in total. The first-order chi connectivity index (χ1) is 17.0. The summed E-state index contributed by atoms with van der Waals surface area (Å²) in [5, 5.41) is 0. The third-order valence-corrected chi connectivity index (χ3v) is 7.04. The number of sulfone groups is 1. The normalized spacial score (nSPS) is 11.7. The molecule has 0 aliphatic heterocycles. The number of allylic oxidation sites excluding steroid dienone is 2. The SMILES string of the molecule is CC=Cc1ccccc1Oc1ccc(S(=O)(=O)c2ccc(Oc3ccccc3C=CC)cc2)cc1. The second-order valence-corrected chi connectivity index (χ2v) is 9.68. The molecule has 4 aromatic rings. The molecule has 176 valence electrons. The van der Waals surface area contributed by atoms with E-state index in [4.69, 9.17) is 9.47 Å². The Balaban J connectivity index is 1.51. The van der Waals surface area contributed by atoms with Gasteiger partial charge < -0.3 is 9.47 Å². The van der Waals surface area contributed by atoms with E-state index in [-0.39, 0.29) is 9.79 Å². The van der Waals surface area contributed by atoms with Gasteiger partial charge in [0.2, 0.25) is 9.84 Å². The lowest BCUT2D eigenvalue weighted by Crippen LogP contribution is -2.02. The lowest BCUT2D eigenvalue weighted by molar-refractivity contribution is 0.481. The first-order valence-electron chi connectivity index (χ1n) is 11.3. The van der Waals surface area contributed by atoms with Crippen LogP contribution in [0.2, 0.25) is 0 Å². The maximum Gasteiger partial charge on any atom is 0.206 e. The van der Waals surface area contributed by atoms with E-state index >= 15 is 0 Å². The molecule has 0 unspecified atom stereocenters. The molecule has 35 heavy (non-hydrogen) atoms. The van der Waals surface area contributed by atoms with E-state index in [1.165, 1.54) is 0 Å². The van der Waals surface area contributed by atoms with Crippen LogP contribution in [-0.4, -0.2) is 8.42 Å². The minimum atomic E-state index is -3.69. The van der Waals surface area contributed by atoms with E-state index in [2.05, 4.69) is 0 Å². The second-order valence-electron chi connectivity index (χ2n) is 7.73. The number of para-hydroxylation sites is 2. The Hall–Kier alpha value is -4.09. The van der Waals surface area contributed by atoms with Crippen molar-refractivity contribution in [3.8, 4) is 23.0 Å². The van der Waals surface area contributed by atoms with Crippen LogP contribution in [0.4, 0.5) is 0 Å². The van der Waals surface area contributed by atoms with Gasteiger partial charge >= 0.3 is 0 Å². The number of hydrogen-bond donors (Lipinski definition) is 0. The Morgan fingerprint density at radius 2 is 0.914 bits per heavy atom. The van der Waals surface area contributed by atoms with Crippen LogP contribution in [0.25, 0.3) is 12.2 Å². The smallest absolute Gasteiger partial charge is 0.206 e. The van der Waals surface area contributed by atoms with Crippen LogP contribution in [0.15, 0.2) is 119 Å². The standard InChI is InChI=1S/C30H26O4S/c1-3-9-23-11-5-7-13-29(23)33-25-15-19-27(20-16-25)35(31,32)28-21-17-26(18-22-28)34-30-14-8-6-12-24(30)10-4-2/h3-22H,1-2H3. The molecular weight excluding hydrogens is 456 g/mol. The zero-order chi connectivity index (χ0) is 24.7. The van der Waals surface area contributed by atoms with Crippen LogP contribution in [0, 0.1) is 0 Å². The minimum absolute atomic E-state index is 0.193. The summed E-state index contributed by atoms with van der Waals surface area (Å²) in [7, 11) is -3.69. The number of benzene rings is 4. The van der Waals surface area contributed by atoms with Gasteiger partial charge in [-0.1, -0.05) is 60.7 Å². The highest BCUT2D eigenvalue weighted by Gasteiger charge is 2.18. The van der Waals surface area contributed by atoms with Crippen LogP contribution < -0.4 is 9.47 Å². The zero-order valence-corrected chi connectivity index (χ0v) is 20.4. The van der Waals surface area contributed by atoms with Crippen molar-refractivity contribution in [1.29, 1.82) is 0 Å². The molecule has 4 rings (SSSR count). The van der Waals surface area contributed by atoms with Crippen molar-refractivity contribution in [1.82, 2.24) is 0 Å². The molecule has 0 aromatic heterocycles. The molecule has 0 aliphatic carbocycles. The first-order valence-corrected chi connectivity index (χ1v) is 12.7. The Morgan fingerprint density at radius 1 is 0.543 bits per heavy atom. The quantitative estimate of drug-likeness (QED) is 0.254. The van der Waals surface area contributed by atoms with Crippen LogP contribution >= 0.6 is 0 Å². The van der Waals surface area contributed by atoms with Gasteiger partial charge in [0.05, 0.1) is 9.79 Å². The van der Waals surface area contributed by atoms with Gasteiger partial charge in [-0.15, -0.1) is 0 Å². The van der Waals surface area contributed by atoms with Crippen LogP contribution in [0.1, 0.15) is 25.0 Å². The highest BCUT2D eigenvalue weighted by atomic mass is 32.2. The van der Waals surface area contributed by atoms with Gasteiger partial charge in [-0.2, -0.15) is 0 Å². The summed E-state index contributed by atoms with van der Waals surface area (Å²) < 4.78 is 38.2. The summed E-state index contributed by atoms with van der Waals surface area (Å²) in [4.78, 5) is 0.386. The van der Waals surface area contributed by atoms with Crippen LogP contribution in [0.3, 0.4) is 0 Å². The maximum atomic E-state index is 13.2. The Bertz CT molecular complexity index is 1340. The molecule has 0 radical (unpaired) electrons. The topological polar surface area (TPSA) is 52.6 Å². The molecule has 0 fully saturated rings. The van der Waals surface area contributed by atoms with E-state index in [1.54, 1.807) is 48.5 Å². The lowest BCUT2D eigenvalue weighted by Gasteiger charge is -2.11. The van der Waals surface area contributed by atoms with E-state index in [0.29, 0.717) is 23.0 Å². The van der Waals surface area contributed by atoms with Gasteiger partial charge in [0, 0.05) is 11.1 Å². The number of ether oxygens (including phenoxy) is 2. The van der Waals surface area contributed by atoms with E-state index < -0.39 is 9.84 Å². The van der Waals surface area contributed by atoms with E-state index in [0.717, 1.165) is 11.1 Å². The van der Waals surface area contributed by atoms with Crippen LogP contribution in [0.5, 0.6) is 23.0 Å². The summed E-state index contributed by atoms with van der Waals surface area (Å²) in [6.07, 6.45) is 7.80. The number of hydrogen-bond acceptors (Lipinski definition) is 4. The molecule has 0 spiro atoms. The molecule has 0 bridgehead atoms. The predicted molar refractivity (Wildman–Crippen MR) is 141 cm³/mol. The molecule has 0 amide bonds. The molecular formula is C30H26O4S. The fraction of sp³-hybridized carbons (Fsp3) is 0.0667. The van der Waals surface area contributed by atoms with Crippen molar-refractivity contribution >= 4 is 22.0 Å². The van der Waals surface area contributed by atoms with Gasteiger partial charge in [0.15, 0.2) is 0 Å². The molecule has 0 aliphatic rings. The Morgan fingerprint density at radius 3 is 1.29 bits per heavy atom. The highest BCUT2D eigenvalue weighted by Crippen LogP contribution is 2.31.